The summed E-state index contributed by atoms with van der Waals surface area (Å²) >= 11 is 0. The smallest absolute Gasteiger partial charge is 0.0555 e. The van der Waals surface area contributed by atoms with Gasteiger partial charge < -0.3 is 0 Å². The van der Waals surface area contributed by atoms with Gasteiger partial charge in [0, 0.05) is 30.8 Å². The summed E-state index contributed by atoms with van der Waals surface area (Å²) in [5.74, 6) is 1.15. The molecule has 0 radical (unpaired) electrons. The van der Waals surface area contributed by atoms with Crippen LogP contribution in [0.15, 0.2) is 81.5 Å². The van der Waals surface area contributed by atoms with E-state index in [1.54, 1.807) is 0 Å². The first kappa shape index (κ1) is 22.9. The first-order valence-corrected chi connectivity index (χ1v) is 11.8. The van der Waals surface area contributed by atoms with E-state index in [2.05, 4.69) is 87.3 Å². The van der Waals surface area contributed by atoms with Crippen LogP contribution in [0.4, 0.5) is 0 Å². The minimum Gasteiger partial charge on any atom is -0.293 e. The van der Waals surface area contributed by atoms with Crippen LogP contribution in [0.2, 0.25) is 0 Å². The molecule has 3 atom stereocenters. The molecular formula is C29H36N2. The summed E-state index contributed by atoms with van der Waals surface area (Å²) in [6, 6.07) is 8.82. The molecule has 1 heterocycles. The zero-order valence-electron chi connectivity index (χ0n) is 19.9. The van der Waals surface area contributed by atoms with Crippen molar-refractivity contribution in [1.29, 1.82) is 0 Å². The van der Waals surface area contributed by atoms with E-state index in [1.807, 2.05) is 26.3 Å². The highest BCUT2D eigenvalue weighted by Crippen LogP contribution is 2.38. The van der Waals surface area contributed by atoms with Crippen LogP contribution in [0.5, 0.6) is 0 Å². The fraction of sp³-hybridized carbons (Fsp3) is 0.379. The van der Waals surface area contributed by atoms with E-state index in [0.717, 1.165) is 13.0 Å². The standard InChI is InChI=1S/C27H30N2.C2H6/c1-5-20(16-28-6-2)26-17-29-27-22(12-9-13-24(26)27)19(4)25-15-18(3)14-21-10-7-8-11-23(21)25;1-2/h5,7-14,16-19,24H,6,15H2,1-4H3;1-2H3/b20-5+,28-16?;. The summed E-state index contributed by atoms with van der Waals surface area (Å²) in [5, 5.41) is 2.77. The van der Waals surface area contributed by atoms with Crippen LogP contribution in [-0.4, -0.2) is 18.5 Å². The highest BCUT2D eigenvalue weighted by Gasteiger charge is 2.32. The summed E-state index contributed by atoms with van der Waals surface area (Å²) < 4.78 is 0. The van der Waals surface area contributed by atoms with Crippen molar-refractivity contribution >= 4 is 23.6 Å². The van der Waals surface area contributed by atoms with Crippen LogP contribution in [0, 0.1) is 17.8 Å². The molecule has 2 heteroatoms. The molecule has 3 aliphatic rings. The third-order valence-corrected chi connectivity index (χ3v) is 6.21. The Morgan fingerprint density at radius 3 is 2.77 bits per heavy atom. The summed E-state index contributed by atoms with van der Waals surface area (Å²) in [5.41, 5.74) is 6.51. The molecule has 1 aliphatic heterocycles. The van der Waals surface area contributed by atoms with Crippen LogP contribution in [0.1, 0.15) is 48.0 Å². The molecule has 0 bridgehead atoms. The second kappa shape index (κ2) is 10.5. The van der Waals surface area contributed by atoms with Crippen molar-refractivity contribution in [2.75, 3.05) is 6.54 Å². The van der Waals surface area contributed by atoms with Gasteiger partial charge in [-0.15, -0.1) is 0 Å². The van der Waals surface area contributed by atoms with Gasteiger partial charge >= 0.3 is 0 Å². The van der Waals surface area contributed by atoms with Crippen molar-refractivity contribution in [3.63, 3.8) is 0 Å². The number of hydrogen-bond acceptors (Lipinski definition) is 2. The number of nitrogens with zero attached hydrogens (tertiary/aromatic N) is 2. The number of rotatable bonds is 5. The van der Waals surface area contributed by atoms with E-state index >= 15 is 0 Å². The molecule has 2 nitrogen and oxygen atoms in total. The summed E-state index contributed by atoms with van der Waals surface area (Å²) in [6.07, 6.45) is 16.4. The third kappa shape index (κ3) is 4.63. The lowest BCUT2D eigenvalue weighted by molar-refractivity contribution is 0.728. The van der Waals surface area contributed by atoms with E-state index < -0.39 is 0 Å². The molecule has 0 N–H and O–H groups in total. The highest BCUT2D eigenvalue weighted by atomic mass is 14.8. The van der Waals surface area contributed by atoms with Crippen molar-refractivity contribution in [2.24, 2.45) is 27.7 Å². The lowest BCUT2D eigenvalue weighted by Crippen LogP contribution is -2.34. The van der Waals surface area contributed by atoms with Gasteiger partial charge in [0.2, 0.25) is 0 Å². The number of aliphatic imine (C=N–C) groups is 2. The van der Waals surface area contributed by atoms with Crippen molar-refractivity contribution in [3.8, 4) is 0 Å². The van der Waals surface area contributed by atoms with E-state index in [0.29, 0.717) is 11.8 Å². The Balaban J connectivity index is 0.00000132. The van der Waals surface area contributed by atoms with E-state index in [1.165, 1.54) is 38.4 Å². The number of benzene rings is 1. The fourth-order valence-corrected chi connectivity index (χ4v) is 4.73. The van der Waals surface area contributed by atoms with Gasteiger partial charge in [-0.25, -0.2) is 0 Å². The van der Waals surface area contributed by atoms with E-state index in [-0.39, 0.29) is 5.92 Å². The quantitative estimate of drug-likeness (QED) is 0.546. The van der Waals surface area contributed by atoms with Crippen molar-refractivity contribution in [3.05, 3.63) is 81.9 Å². The Morgan fingerprint density at radius 2 is 2.03 bits per heavy atom. The first-order chi connectivity index (χ1) is 15.1. The molecule has 0 aromatic heterocycles. The Kier molecular flexibility index (Phi) is 7.79. The number of hydrogen-bond donors (Lipinski definition) is 0. The molecule has 4 rings (SSSR count). The van der Waals surface area contributed by atoms with Gasteiger partial charge in [0.1, 0.15) is 0 Å². The van der Waals surface area contributed by atoms with Gasteiger partial charge in [0.05, 0.1) is 5.71 Å². The second-order valence-corrected chi connectivity index (χ2v) is 8.14. The highest BCUT2D eigenvalue weighted by molar-refractivity contribution is 6.10. The maximum absolute atomic E-state index is 4.90. The first-order valence-electron chi connectivity index (χ1n) is 11.8. The summed E-state index contributed by atoms with van der Waals surface area (Å²) in [7, 11) is 0. The van der Waals surface area contributed by atoms with Crippen LogP contribution in [-0.2, 0) is 0 Å². The summed E-state index contributed by atoms with van der Waals surface area (Å²) in [6.45, 7) is 13.6. The van der Waals surface area contributed by atoms with Crippen LogP contribution in [0.25, 0.3) is 11.6 Å². The van der Waals surface area contributed by atoms with Gasteiger partial charge in [-0.3, -0.25) is 9.98 Å². The Morgan fingerprint density at radius 1 is 1.26 bits per heavy atom. The molecule has 31 heavy (non-hydrogen) atoms. The molecule has 1 aromatic rings. The van der Waals surface area contributed by atoms with Crippen LogP contribution in [0.3, 0.4) is 0 Å². The maximum atomic E-state index is 4.90. The molecule has 0 amide bonds. The summed E-state index contributed by atoms with van der Waals surface area (Å²) in [4.78, 5) is 9.35. The van der Waals surface area contributed by atoms with E-state index in [9.17, 15) is 0 Å². The molecule has 2 aliphatic carbocycles. The molecule has 0 spiro atoms. The molecule has 3 unspecified atom stereocenters. The van der Waals surface area contributed by atoms with Gasteiger partial charge in [0.15, 0.2) is 0 Å². The average Bonchev–Trinajstić information content (AvgIpc) is 3.24. The molecular weight excluding hydrogens is 376 g/mol. The largest absolute Gasteiger partial charge is 0.293 e. The number of fused-ring (bicyclic) bond motifs is 2. The Hall–Kier alpha value is -2.74. The molecule has 162 valence electrons. The zero-order valence-corrected chi connectivity index (χ0v) is 19.9. The predicted molar refractivity (Wildman–Crippen MR) is 137 cm³/mol. The van der Waals surface area contributed by atoms with Crippen molar-refractivity contribution < 1.29 is 0 Å². The van der Waals surface area contributed by atoms with Crippen LogP contribution < -0.4 is 10.4 Å². The minimum absolute atomic E-state index is 0.232. The zero-order chi connectivity index (χ0) is 22.4. The molecule has 0 saturated heterocycles. The van der Waals surface area contributed by atoms with Gasteiger partial charge in [0.25, 0.3) is 0 Å². The fourth-order valence-electron chi connectivity index (χ4n) is 4.73. The average molecular weight is 413 g/mol. The second-order valence-electron chi connectivity index (χ2n) is 8.14. The third-order valence-electron chi connectivity index (χ3n) is 6.21. The molecule has 0 saturated carbocycles. The van der Waals surface area contributed by atoms with Crippen molar-refractivity contribution in [2.45, 2.75) is 48.0 Å². The van der Waals surface area contributed by atoms with E-state index in [4.69, 9.17) is 4.99 Å². The number of allylic oxidation sites excluding steroid dienone is 7. The monoisotopic (exact) mass is 412 g/mol. The lowest BCUT2D eigenvalue weighted by atomic mass is 9.76. The molecule has 1 aromatic carbocycles. The SMILES string of the molecule is C/C=C(\C=NCC)C1=CN=C2C(C(C)C3=c4ccccc4=CC(C)C3)=CC=CC12.CC. The normalized spacial score (nSPS) is 23.1. The van der Waals surface area contributed by atoms with Crippen molar-refractivity contribution in [1.82, 2.24) is 0 Å². The Labute approximate surface area is 187 Å². The Bertz CT molecular complexity index is 1110. The maximum Gasteiger partial charge on any atom is 0.0555 e. The molecule has 0 fully saturated rings. The van der Waals surface area contributed by atoms with Crippen LogP contribution >= 0.6 is 0 Å². The van der Waals surface area contributed by atoms with Gasteiger partial charge in [-0.05, 0) is 53.3 Å². The lowest BCUT2D eigenvalue weighted by Gasteiger charge is -2.28. The van der Waals surface area contributed by atoms with Gasteiger partial charge in [-0.1, -0.05) is 87.9 Å². The predicted octanol–water partition coefficient (Wildman–Crippen LogP) is 5.81. The topological polar surface area (TPSA) is 24.7 Å². The van der Waals surface area contributed by atoms with Gasteiger partial charge in [-0.2, -0.15) is 0 Å². The minimum atomic E-state index is 0.232.